The van der Waals surface area contributed by atoms with Crippen molar-refractivity contribution < 1.29 is 14.6 Å². The van der Waals surface area contributed by atoms with Gasteiger partial charge in [-0.15, -0.1) is 5.10 Å². The van der Waals surface area contributed by atoms with Gasteiger partial charge < -0.3 is 9.84 Å². The molecule has 2 rings (SSSR count). The molecule has 0 aliphatic rings. The Morgan fingerprint density at radius 1 is 1.26 bits per heavy atom. The molecule has 1 aromatic heterocycles. The van der Waals surface area contributed by atoms with Crippen LogP contribution >= 0.6 is 0 Å². The molecule has 8 nitrogen and oxygen atoms in total. The normalized spacial score (nSPS) is 10.2. The minimum absolute atomic E-state index is 0.297. The fourth-order valence-electron chi connectivity index (χ4n) is 1.50. The lowest BCUT2D eigenvalue weighted by Gasteiger charge is -2.07. The van der Waals surface area contributed by atoms with Crippen molar-refractivity contribution in [3.63, 3.8) is 0 Å². The van der Waals surface area contributed by atoms with Crippen LogP contribution in [0.3, 0.4) is 0 Å². The van der Waals surface area contributed by atoms with Crippen LogP contribution in [0.5, 0.6) is 5.88 Å². The van der Waals surface area contributed by atoms with Crippen molar-refractivity contribution in [2.75, 3.05) is 0 Å². The van der Waals surface area contributed by atoms with Crippen molar-refractivity contribution in [3.05, 3.63) is 51.2 Å². The molecule has 0 saturated heterocycles. The Balaban J connectivity index is 2.74. The number of carboxylic acid groups (broad SMARTS) is 1. The average molecular weight is 263 g/mol. The lowest BCUT2D eigenvalue weighted by atomic mass is 10.3. The van der Waals surface area contributed by atoms with Crippen LogP contribution in [0.4, 0.5) is 4.79 Å². The van der Waals surface area contributed by atoms with Crippen LogP contribution in [0.15, 0.2) is 39.9 Å². The van der Waals surface area contributed by atoms with Crippen LogP contribution in [-0.2, 0) is 7.05 Å². The van der Waals surface area contributed by atoms with Crippen molar-refractivity contribution in [2.45, 2.75) is 0 Å². The third-order valence-electron chi connectivity index (χ3n) is 2.29. The van der Waals surface area contributed by atoms with E-state index in [0.29, 0.717) is 5.69 Å². The highest BCUT2D eigenvalue weighted by atomic mass is 16.7. The number of hydrogen-bond acceptors (Lipinski definition) is 5. The van der Waals surface area contributed by atoms with Gasteiger partial charge in [0.1, 0.15) is 0 Å². The summed E-state index contributed by atoms with van der Waals surface area (Å²) in [5.41, 5.74) is -1.34. The molecule has 0 atom stereocenters. The number of nitrogens with zero attached hydrogens (tertiary/aromatic N) is 3. The molecule has 8 heteroatoms. The van der Waals surface area contributed by atoms with Gasteiger partial charge in [-0.25, -0.2) is 18.8 Å². The third-order valence-corrected chi connectivity index (χ3v) is 2.29. The average Bonchev–Trinajstić information content (AvgIpc) is 2.37. The lowest BCUT2D eigenvalue weighted by molar-refractivity contribution is 0.140. The molecule has 0 radical (unpaired) electrons. The minimum atomic E-state index is -1.68. The number of aryl methyl sites for hydroxylation is 1. The Hall–Kier alpha value is -2.90. The van der Waals surface area contributed by atoms with Crippen molar-refractivity contribution in [3.8, 4) is 11.6 Å². The Morgan fingerprint density at radius 2 is 1.89 bits per heavy atom. The van der Waals surface area contributed by atoms with Gasteiger partial charge >= 0.3 is 23.3 Å². The Labute approximate surface area is 106 Å². The number of benzene rings is 1. The monoisotopic (exact) mass is 263 g/mol. The molecule has 0 bridgehead atoms. The van der Waals surface area contributed by atoms with Gasteiger partial charge in [-0.05, 0) is 12.1 Å². The molecular formula is C11H9N3O5. The maximum atomic E-state index is 12.0. The Morgan fingerprint density at radius 3 is 2.47 bits per heavy atom. The van der Waals surface area contributed by atoms with E-state index in [2.05, 4.69) is 9.84 Å². The highest BCUT2D eigenvalue weighted by Crippen LogP contribution is 2.03. The van der Waals surface area contributed by atoms with Gasteiger partial charge in [0, 0.05) is 7.05 Å². The molecule has 0 spiro atoms. The van der Waals surface area contributed by atoms with E-state index in [1.54, 1.807) is 18.2 Å². The van der Waals surface area contributed by atoms with Crippen LogP contribution < -0.4 is 16.0 Å². The van der Waals surface area contributed by atoms with Crippen LogP contribution in [0.2, 0.25) is 0 Å². The lowest BCUT2D eigenvalue weighted by Crippen LogP contribution is -2.40. The largest absolute Gasteiger partial charge is 0.512 e. The van der Waals surface area contributed by atoms with E-state index >= 15 is 0 Å². The molecule has 0 aliphatic carbocycles. The molecule has 0 unspecified atom stereocenters. The fraction of sp³-hybridized carbons (Fsp3) is 0.0909. The quantitative estimate of drug-likeness (QED) is 0.764. The second-order valence-electron chi connectivity index (χ2n) is 3.56. The molecule has 1 heterocycles. The molecule has 0 saturated carbocycles. The smallest absolute Gasteiger partial charge is 0.449 e. The number of aromatic nitrogens is 3. The summed E-state index contributed by atoms with van der Waals surface area (Å²) in [5, 5.41) is 12.0. The van der Waals surface area contributed by atoms with Crippen molar-refractivity contribution >= 4 is 6.16 Å². The maximum Gasteiger partial charge on any atom is 0.512 e. The maximum absolute atomic E-state index is 12.0. The first-order chi connectivity index (χ1) is 9.00. The van der Waals surface area contributed by atoms with E-state index < -0.39 is 23.3 Å². The molecular weight excluding hydrogens is 254 g/mol. The number of hydrogen-bond donors (Lipinski definition) is 1. The van der Waals surface area contributed by atoms with Crippen molar-refractivity contribution in [1.29, 1.82) is 0 Å². The van der Waals surface area contributed by atoms with Gasteiger partial charge in [-0.2, -0.15) is 0 Å². The number of para-hydroxylation sites is 1. The van der Waals surface area contributed by atoms with Crippen LogP contribution in [0.25, 0.3) is 5.69 Å². The predicted molar refractivity (Wildman–Crippen MR) is 63.7 cm³/mol. The number of ether oxygens (including phenoxy) is 1. The van der Waals surface area contributed by atoms with Crippen molar-refractivity contribution in [1.82, 2.24) is 14.3 Å². The summed E-state index contributed by atoms with van der Waals surface area (Å²) in [7, 11) is 1.29. The molecule has 1 N–H and O–H groups in total. The van der Waals surface area contributed by atoms with E-state index in [4.69, 9.17) is 5.11 Å². The molecule has 0 aliphatic heterocycles. The predicted octanol–water partition coefficient (Wildman–Crippen LogP) is -0.0120. The summed E-state index contributed by atoms with van der Waals surface area (Å²) in [5.74, 6) is -0.682. The summed E-state index contributed by atoms with van der Waals surface area (Å²) in [6.45, 7) is 0. The molecule has 2 aromatic rings. The van der Waals surface area contributed by atoms with Crippen LogP contribution in [-0.4, -0.2) is 25.6 Å². The van der Waals surface area contributed by atoms with E-state index in [-0.39, 0.29) is 0 Å². The van der Waals surface area contributed by atoms with E-state index in [1.807, 2.05) is 0 Å². The second-order valence-corrected chi connectivity index (χ2v) is 3.56. The summed E-state index contributed by atoms with van der Waals surface area (Å²) in [6, 6.07) is 8.06. The second kappa shape index (κ2) is 4.77. The van der Waals surface area contributed by atoms with E-state index in [9.17, 15) is 14.4 Å². The Bertz CT molecular complexity index is 732. The first kappa shape index (κ1) is 12.6. The summed E-state index contributed by atoms with van der Waals surface area (Å²) in [4.78, 5) is 34.3. The molecule has 19 heavy (non-hydrogen) atoms. The van der Waals surface area contributed by atoms with E-state index in [1.165, 1.54) is 19.2 Å². The Kier molecular flexibility index (Phi) is 3.15. The zero-order valence-corrected chi connectivity index (χ0v) is 9.81. The highest BCUT2D eigenvalue weighted by molar-refractivity contribution is 5.60. The first-order valence-electron chi connectivity index (χ1n) is 5.17. The standard InChI is InChI=1S/C11H9N3O5/c1-13-10(16)14(7-5-3-2-4-6-7)9(15)8(12-13)19-11(17)18/h2-6H,1H3,(H,17,18). The number of rotatable bonds is 2. The van der Waals surface area contributed by atoms with Crippen molar-refractivity contribution in [2.24, 2.45) is 7.05 Å². The molecule has 0 fully saturated rings. The van der Waals surface area contributed by atoms with Gasteiger partial charge in [0.2, 0.25) is 0 Å². The van der Waals surface area contributed by atoms with Gasteiger partial charge in [-0.1, -0.05) is 18.2 Å². The van der Waals surface area contributed by atoms with Gasteiger partial charge in [0.15, 0.2) is 0 Å². The minimum Gasteiger partial charge on any atom is -0.449 e. The van der Waals surface area contributed by atoms with Gasteiger partial charge in [0.05, 0.1) is 5.69 Å². The van der Waals surface area contributed by atoms with E-state index in [0.717, 1.165) is 9.25 Å². The van der Waals surface area contributed by atoms with Crippen LogP contribution in [0, 0.1) is 0 Å². The molecule has 1 aromatic carbocycles. The fourth-order valence-corrected chi connectivity index (χ4v) is 1.50. The summed E-state index contributed by atoms with van der Waals surface area (Å²) >= 11 is 0. The van der Waals surface area contributed by atoms with Gasteiger partial charge in [0.25, 0.3) is 0 Å². The first-order valence-corrected chi connectivity index (χ1v) is 5.17. The zero-order valence-electron chi connectivity index (χ0n) is 9.81. The van der Waals surface area contributed by atoms with Gasteiger partial charge in [-0.3, -0.25) is 4.79 Å². The molecule has 0 amide bonds. The highest BCUT2D eigenvalue weighted by Gasteiger charge is 2.16. The summed E-state index contributed by atoms with van der Waals surface area (Å²) < 4.78 is 5.86. The SMILES string of the molecule is Cn1nc(OC(=O)O)c(=O)n(-c2ccccc2)c1=O. The zero-order chi connectivity index (χ0) is 14.0. The third kappa shape index (κ3) is 2.37. The summed E-state index contributed by atoms with van der Waals surface area (Å²) in [6.07, 6.45) is -1.68. The van der Waals surface area contributed by atoms with Crippen LogP contribution in [0.1, 0.15) is 0 Å². The topological polar surface area (TPSA) is 103 Å². The number of carbonyl (C=O) groups is 1. The molecule has 98 valence electrons.